The molecule has 30 heteroatoms. The molecule has 58 heavy (non-hydrogen) atoms. The van der Waals surface area contributed by atoms with E-state index in [9.17, 15) is 29.1 Å². The number of fused-ring (bicyclic) bond motifs is 1. The summed E-state index contributed by atoms with van der Waals surface area (Å²) >= 11 is 1.89. The number of urea groups is 1. The van der Waals surface area contributed by atoms with Crippen molar-refractivity contribution in [2.45, 2.75) is 100 Å². The molecule has 0 spiro atoms. The van der Waals surface area contributed by atoms with Gasteiger partial charge in [0.25, 0.3) is 5.56 Å². The summed E-state index contributed by atoms with van der Waals surface area (Å²) in [5.41, 5.74) is -0.911. The molecule has 3 saturated heterocycles. The van der Waals surface area contributed by atoms with Crippen LogP contribution in [-0.2, 0) is 28.0 Å². The number of amides is 4. The summed E-state index contributed by atoms with van der Waals surface area (Å²) in [6, 6.07) is 0.358. The first-order valence-electron chi connectivity index (χ1n) is 17.0. The van der Waals surface area contributed by atoms with Crippen LogP contribution in [0.15, 0.2) is 21.9 Å². The fourth-order valence-electron chi connectivity index (χ4n) is 5.43. The van der Waals surface area contributed by atoms with E-state index in [0.29, 0.717) is 31.1 Å². The zero-order chi connectivity index (χ0) is 43.6. The van der Waals surface area contributed by atoms with Crippen LogP contribution in [0.4, 0.5) is 4.79 Å². The molecule has 0 radical (unpaired) electrons. The number of ether oxygens (including phenoxy) is 1. The molecule has 3 aliphatic rings. The van der Waals surface area contributed by atoms with Crippen molar-refractivity contribution in [3.8, 4) is 0 Å². The van der Waals surface area contributed by atoms with Crippen LogP contribution in [0.25, 0.3) is 6.08 Å². The fraction of sp³-hybridized carbons (Fsp3) is 0.679. The average molecular weight is 899 g/mol. The standard InChI is InChI=1S/C28H42N6O7S.Li.3H3O4P/c1-17-20(35)14-24(41-17)34-15-18(26(38)33-28(34)40)8-7-13-30-22(36)10-3-2-6-12-29-23(37)11-5-4-9-21-25-19(16-42-21)31-27(39)32-25;;3*1-5(2,3)4/h7-8,15,17,19-21,24-25,35H,2-6,9-14,16H2,1H3,(H,29,37)(H,30,36)(H2,31,32,39)(H,33,38,40);;3*(H3,1,2,3,4)/q;+1;;;/p-9/b8-7+;;;;. The van der Waals surface area contributed by atoms with Crippen LogP contribution >= 0.6 is 35.2 Å². The Morgan fingerprint density at radius 1 is 0.897 bits per heavy atom. The maximum atomic E-state index is 12.2. The predicted molar refractivity (Wildman–Crippen MR) is 182 cm³/mol. The van der Waals surface area contributed by atoms with Gasteiger partial charge < -0.3 is 88.8 Å². The first kappa shape index (κ1) is 55.8. The molecule has 6 N–H and O–H groups in total. The van der Waals surface area contributed by atoms with E-state index in [-0.39, 0.29) is 67.3 Å². The van der Waals surface area contributed by atoms with Gasteiger partial charge in [-0.15, -0.1) is 0 Å². The average Bonchev–Trinajstić information content (AvgIpc) is 3.70. The number of aromatic amines is 1. The zero-order valence-electron chi connectivity index (χ0n) is 31.2. The van der Waals surface area contributed by atoms with Gasteiger partial charge in [0.1, 0.15) is 6.23 Å². The summed E-state index contributed by atoms with van der Waals surface area (Å²) in [4.78, 5) is 139. The Hall–Kier alpha value is -2.17. The third-order valence-electron chi connectivity index (χ3n) is 7.86. The molecule has 0 aromatic carbocycles. The minimum absolute atomic E-state index is 0. The summed E-state index contributed by atoms with van der Waals surface area (Å²) in [5.74, 6) is 0.882. The fourth-order valence-corrected chi connectivity index (χ4v) is 6.97. The molecular weight excluding hydrogens is 856 g/mol. The molecule has 4 heterocycles. The number of carbonyl (C=O) groups excluding carboxylic acids is 3. The number of aliphatic hydroxyl groups is 1. The number of nitrogens with zero attached hydrogens (tertiary/aromatic N) is 1. The topological polar surface area (TPSA) is 442 Å². The number of aliphatic hydroxyl groups excluding tert-OH is 1. The number of nitrogens with one attached hydrogen (secondary N) is 5. The smallest absolute Gasteiger partial charge is 0.822 e. The van der Waals surface area contributed by atoms with Gasteiger partial charge in [-0.2, -0.15) is 35.2 Å². The number of hydrogen-bond acceptors (Lipinski definition) is 20. The second kappa shape index (κ2) is 26.9. The summed E-state index contributed by atoms with van der Waals surface area (Å²) in [7, 11) is -16.2. The second-order valence-corrected chi connectivity index (χ2v) is 16.4. The molecule has 6 unspecified atom stereocenters. The number of aromatic nitrogens is 2. The number of unbranched alkanes of at least 4 members (excludes halogenated alkanes) is 3. The SMILES string of the molecule is CC1OC(n2cc(/C=C/CNC(=O)CCCCCNC(=O)CCCCC3SCC4NC(=O)NC43)c(=O)[nH]c2=O)CC1O.O=P([O-])([O-])[O-].O=P([O-])([O-])[O-].O=P([O-])([O-])[O-].[Li+]. The largest absolute Gasteiger partial charge is 1.00 e. The van der Waals surface area contributed by atoms with Crippen LogP contribution in [0.1, 0.15) is 76.5 Å². The molecule has 0 aliphatic carbocycles. The Morgan fingerprint density at radius 2 is 1.45 bits per heavy atom. The first-order chi connectivity index (χ1) is 26.2. The molecule has 6 atom stereocenters. The molecule has 4 rings (SSSR count). The van der Waals surface area contributed by atoms with Crippen molar-refractivity contribution < 1.29 is 101 Å². The van der Waals surface area contributed by atoms with E-state index < -0.39 is 53.2 Å². The Morgan fingerprint density at radius 3 is 2.00 bits per heavy atom. The van der Waals surface area contributed by atoms with Gasteiger partial charge in [0, 0.05) is 49.6 Å². The maximum Gasteiger partial charge on any atom is 1.00 e. The van der Waals surface area contributed by atoms with Gasteiger partial charge >= 0.3 is 30.6 Å². The van der Waals surface area contributed by atoms with Crippen molar-refractivity contribution in [1.82, 2.24) is 30.8 Å². The van der Waals surface area contributed by atoms with Crippen LogP contribution < -0.4 is 95.4 Å². The molecule has 0 bridgehead atoms. The van der Waals surface area contributed by atoms with E-state index in [4.69, 9.17) is 62.5 Å². The minimum Gasteiger partial charge on any atom is -0.822 e. The van der Waals surface area contributed by atoms with Gasteiger partial charge in [0.05, 0.1) is 29.9 Å². The third-order valence-corrected chi connectivity index (χ3v) is 9.37. The number of carbonyl (C=O) groups is 3. The van der Waals surface area contributed by atoms with Crippen molar-refractivity contribution in [2.75, 3.05) is 18.8 Å². The maximum absolute atomic E-state index is 12.2. The monoisotopic (exact) mass is 898 g/mol. The Kier molecular flexibility index (Phi) is 25.9. The Balaban J connectivity index is 0.00000173. The van der Waals surface area contributed by atoms with Gasteiger partial charge in [-0.05, 0) is 32.6 Å². The number of rotatable bonds is 15. The number of hydrogen-bond donors (Lipinski definition) is 6. The summed E-state index contributed by atoms with van der Waals surface area (Å²) in [6.45, 7) is 2.54. The van der Waals surface area contributed by atoms with Crippen LogP contribution in [0.3, 0.4) is 0 Å². The molecule has 3 fully saturated rings. The van der Waals surface area contributed by atoms with Crippen LogP contribution in [-0.4, -0.2) is 80.9 Å². The molecule has 3 aliphatic heterocycles. The minimum atomic E-state index is -5.39. The zero-order valence-corrected chi connectivity index (χ0v) is 34.7. The number of thioether (sulfide) groups is 1. The van der Waals surface area contributed by atoms with Crippen molar-refractivity contribution in [2.24, 2.45) is 0 Å². The molecule has 4 amide bonds. The van der Waals surface area contributed by atoms with Crippen LogP contribution in [0, 0.1) is 0 Å². The third kappa shape index (κ3) is 27.6. The molecule has 0 saturated carbocycles. The number of H-pyrrole nitrogens is 1. The van der Waals surface area contributed by atoms with Gasteiger partial charge in [-0.3, -0.25) is 23.9 Å². The van der Waals surface area contributed by atoms with E-state index in [1.54, 1.807) is 13.0 Å². The Bertz CT molecular complexity index is 1670. The number of phosphoric acid groups is 3. The van der Waals surface area contributed by atoms with Gasteiger partial charge in [0.15, 0.2) is 0 Å². The summed E-state index contributed by atoms with van der Waals surface area (Å²) in [5, 5.41) is 22.0. The van der Waals surface area contributed by atoms with Crippen LogP contribution in [0.5, 0.6) is 0 Å². The summed E-state index contributed by atoms with van der Waals surface area (Å²) in [6.07, 6.45) is 9.01. The van der Waals surface area contributed by atoms with E-state index in [1.807, 2.05) is 11.8 Å². The first-order valence-corrected chi connectivity index (χ1v) is 22.4. The molecule has 1 aromatic rings. The van der Waals surface area contributed by atoms with Gasteiger partial charge in [-0.25, -0.2) is 9.59 Å². The Labute approximate surface area is 347 Å². The van der Waals surface area contributed by atoms with Crippen molar-refractivity contribution in [1.29, 1.82) is 0 Å². The van der Waals surface area contributed by atoms with Crippen molar-refractivity contribution in [3.05, 3.63) is 38.7 Å². The van der Waals surface area contributed by atoms with Crippen molar-refractivity contribution in [3.63, 3.8) is 0 Å². The molecule has 328 valence electrons. The van der Waals surface area contributed by atoms with Crippen LogP contribution in [0.2, 0.25) is 0 Å². The second-order valence-electron chi connectivity index (χ2n) is 12.4. The van der Waals surface area contributed by atoms with E-state index >= 15 is 0 Å². The van der Waals surface area contributed by atoms with Crippen molar-refractivity contribution >= 4 is 59.2 Å². The normalized spacial score (nSPS) is 22.4. The van der Waals surface area contributed by atoms with E-state index in [1.165, 1.54) is 16.8 Å². The van der Waals surface area contributed by atoms with Gasteiger partial charge in [0.2, 0.25) is 11.8 Å². The molecule has 25 nitrogen and oxygen atoms in total. The molecular formula is C28H42LiN6O19P3S-8. The van der Waals surface area contributed by atoms with E-state index in [0.717, 1.165) is 37.9 Å². The molecule has 1 aromatic heterocycles. The summed E-state index contributed by atoms with van der Waals surface area (Å²) < 4.78 is 32.5. The quantitative estimate of drug-likeness (QED) is 0.0412. The predicted octanol–water partition coefficient (Wildman–Crippen LogP) is -10.7. The van der Waals surface area contributed by atoms with E-state index in [2.05, 4.69) is 26.3 Å². The van der Waals surface area contributed by atoms with Gasteiger partial charge in [-0.1, -0.05) is 25.0 Å².